The highest BCUT2D eigenvalue weighted by Crippen LogP contribution is 2.34. The summed E-state index contributed by atoms with van der Waals surface area (Å²) in [5, 5.41) is 16.5. The van der Waals surface area contributed by atoms with E-state index in [9.17, 15) is 14.9 Å². The highest BCUT2D eigenvalue weighted by Gasteiger charge is 2.13. The van der Waals surface area contributed by atoms with Gasteiger partial charge in [0.1, 0.15) is 0 Å². The molecular weight excluding hydrogens is 338 g/mol. The third kappa shape index (κ3) is 5.55. The van der Waals surface area contributed by atoms with E-state index in [0.717, 1.165) is 4.90 Å². The van der Waals surface area contributed by atoms with Crippen molar-refractivity contribution < 1.29 is 9.72 Å². The van der Waals surface area contributed by atoms with Gasteiger partial charge in [0.2, 0.25) is 5.91 Å². The highest BCUT2D eigenvalue weighted by atomic mass is 35.5. The van der Waals surface area contributed by atoms with Crippen LogP contribution in [0.4, 0.5) is 11.4 Å². The van der Waals surface area contributed by atoms with Crippen molar-refractivity contribution in [1.82, 2.24) is 5.32 Å². The molecule has 0 radical (unpaired) electrons. The molecule has 0 spiro atoms. The number of benzene rings is 2. The van der Waals surface area contributed by atoms with Gasteiger partial charge in [-0.25, -0.2) is 0 Å². The van der Waals surface area contributed by atoms with Crippen LogP contribution in [0.25, 0.3) is 0 Å². The zero-order chi connectivity index (χ0) is 15.9. The standard InChI is InChI=1S/C15H15N3O3S.ClH/c1-16-10-15(19)17-11-6-8-12(9-7-11)22-14-5-3-2-4-13(14)18(20)21;/h2-9,16H,10H2,1H3,(H,17,19);1H. The molecule has 1 amide bonds. The molecule has 2 N–H and O–H groups in total. The Hall–Kier alpha value is -2.09. The van der Waals surface area contributed by atoms with Crippen LogP contribution in [0.5, 0.6) is 0 Å². The Kier molecular flexibility index (Phi) is 7.53. The number of nitro groups is 1. The van der Waals surface area contributed by atoms with Crippen molar-refractivity contribution in [1.29, 1.82) is 0 Å². The lowest BCUT2D eigenvalue weighted by Gasteiger charge is -2.06. The van der Waals surface area contributed by atoms with Gasteiger partial charge >= 0.3 is 0 Å². The van der Waals surface area contributed by atoms with Crippen LogP contribution in [0.1, 0.15) is 0 Å². The molecule has 0 fully saturated rings. The van der Waals surface area contributed by atoms with Gasteiger partial charge in [-0.1, -0.05) is 23.9 Å². The molecule has 2 aromatic rings. The first-order valence-electron chi connectivity index (χ1n) is 6.56. The van der Waals surface area contributed by atoms with E-state index in [1.165, 1.54) is 17.8 Å². The molecule has 23 heavy (non-hydrogen) atoms. The predicted molar refractivity (Wildman–Crippen MR) is 93.5 cm³/mol. The monoisotopic (exact) mass is 353 g/mol. The van der Waals surface area contributed by atoms with Gasteiger partial charge < -0.3 is 10.6 Å². The van der Waals surface area contributed by atoms with Gasteiger partial charge in [0, 0.05) is 16.6 Å². The van der Waals surface area contributed by atoms with Crippen molar-refractivity contribution >= 4 is 41.5 Å². The molecule has 0 aliphatic rings. The minimum atomic E-state index is -0.394. The number of carbonyl (C=O) groups excluding carboxylic acids is 1. The Balaban J connectivity index is 0.00000264. The number of halogens is 1. The summed E-state index contributed by atoms with van der Waals surface area (Å²) in [6.07, 6.45) is 0. The summed E-state index contributed by atoms with van der Waals surface area (Å²) in [5.41, 5.74) is 0.770. The zero-order valence-corrected chi connectivity index (χ0v) is 13.9. The van der Waals surface area contributed by atoms with Crippen molar-refractivity contribution in [3.05, 3.63) is 58.6 Å². The second-order valence-corrected chi connectivity index (χ2v) is 5.55. The third-order valence-corrected chi connectivity index (χ3v) is 3.84. The number of para-hydroxylation sites is 1. The van der Waals surface area contributed by atoms with Crippen LogP contribution in [0.3, 0.4) is 0 Å². The van der Waals surface area contributed by atoms with Gasteiger partial charge in [-0.05, 0) is 37.4 Å². The lowest BCUT2D eigenvalue weighted by molar-refractivity contribution is -0.387. The quantitative estimate of drug-likeness (QED) is 0.614. The molecule has 0 heterocycles. The molecule has 0 saturated heterocycles. The van der Waals surface area contributed by atoms with Gasteiger partial charge in [0.05, 0.1) is 16.4 Å². The van der Waals surface area contributed by atoms with E-state index in [4.69, 9.17) is 0 Å². The lowest BCUT2D eigenvalue weighted by Crippen LogP contribution is -2.24. The van der Waals surface area contributed by atoms with E-state index in [-0.39, 0.29) is 30.5 Å². The molecule has 0 aliphatic carbocycles. The minimum absolute atomic E-state index is 0. The molecule has 0 aromatic heterocycles. The average molecular weight is 354 g/mol. The number of anilines is 1. The molecule has 0 unspecified atom stereocenters. The Bertz CT molecular complexity index is 680. The lowest BCUT2D eigenvalue weighted by atomic mass is 10.3. The van der Waals surface area contributed by atoms with Gasteiger partial charge in [-0.3, -0.25) is 14.9 Å². The zero-order valence-electron chi connectivity index (χ0n) is 12.3. The van der Waals surface area contributed by atoms with Crippen molar-refractivity contribution in [3.8, 4) is 0 Å². The van der Waals surface area contributed by atoms with E-state index in [2.05, 4.69) is 10.6 Å². The maximum absolute atomic E-state index is 11.5. The summed E-state index contributed by atoms with van der Waals surface area (Å²) in [4.78, 5) is 23.5. The summed E-state index contributed by atoms with van der Waals surface area (Å²) in [6, 6.07) is 13.8. The number of nitro benzene ring substituents is 1. The van der Waals surface area contributed by atoms with Crippen LogP contribution >= 0.6 is 24.2 Å². The third-order valence-electron chi connectivity index (χ3n) is 2.77. The van der Waals surface area contributed by atoms with E-state index in [1.807, 2.05) is 12.1 Å². The molecule has 6 nitrogen and oxygen atoms in total. The van der Waals surface area contributed by atoms with Gasteiger partial charge in [-0.15, -0.1) is 12.4 Å². The largest absolute Gasteiger partial charge is 0.325 e. The molecule has 8 heteroatoms. The van der Waals surface area contributed by atoms with Crippen molar-refractivity contribution in [3.63, 3.8) is 0 Å². The predicted octanol–water partition coefficient (Wildman–Crippen LogP) is 3.33. The number of nitrogens with zero attached hydrogens (tertiary/aromatic N) is 1. The van der Waals surface area contributed by atoms with Crippen LogP contribution in [-0.4, -0.2) is 24.4 Å². The SMILES string of the molecule is CNCC(=O)Nc1ccc(Sc2ccccc2[N+](=O)[O-])cc1.Cl. The summed E-state index contributed by atoms with van der Waals surface area (Å²) in [6.45, 7) is 0.243. The van der Waals surface area contributed by atoms with Crippen molar-refractivity contribution in [2.45, 2.75) is 9.79 Å². The number of amides is 1. The topological polar surface area (TPSA) is 84.3 Å². The van der Waals surface area contributed by atoms with E-state index in [1.54, 1.807) is 37.4 Å². The number of hydrogen-bond donors (Lipinski definition) is 2. The van der Waals surface area contributed by atoms with E-state index >= 15 is 0 Å². The van der Waals surface area contributed by atoms with Crippen molar-refractivity contribution in [2.24, 2.45) is 0 Å². The number of carbonyl (C=O) groups is 1. The molecule has 122 valence electrons. The summed E-state index contributed by atoms with van der Waals surface area (Å²) < 4.78 is 0. The first-order chi connectivity index (χ1) is 10.6. The van der Waals surface area contributed by atoms with Crippen LogP contribution in [0.15, 0.2) is 58.3 Å². The summed E-state index contributed by atoms with van der Waals surface area (Å²) >= 11 is 1.31. The maximum Gasteiger partial charge on any atom is 0.283 e. The van der Waals surface area contributed by atoms with E-state index < -0.39 is 4.92 Å². The molecule has 2 rings (SSSR count). The number of likely N-dealkylation sites (N-methyl/N-ethyl adjacent to an activating group) is 1. The minimum Gasteiger partial charge on any atom is -0.325 e. The Morgan fingerprint density at radius 2 is 1.83 bits per heavy atom. The van der Waals surface area contributed by atoms with Crippen LogP contribution in [0, 0.1) is 10.1 Å². The molecule has 0 atom stereocenters. The number of hydrogen-bond acceptors (Lipinski definition) is 5. The molecular formula is C15H16ClN3O3S. The summed E-state index contributed by atoms with van der Waals surface area (Å²) in [5.74, 6) is -0.124. The molecule has 0 aliphatic heterocycles. The van der Waals surface area contributed by atoms with Crippen LogP contribution in [0.2, 0.25) is 0 Å². The average Bonchev–Trinajstić information content (AvgIpc) is 2.50. The van der Waals surface area contributed by atoms with Crippen molar-refractivity contribution in [2.75, 3.05) is 18.9 Å². The fourth-order valence-electron chi connectivity index (χ4n) is 1.79. The normalized spacial score (nSPS) is 9.78. The fourth-order valence-corrected chi connectivity index (χ4v) is 2.71. The van der Waals surface area contributed by atoms with Crippen LogP contribution < -0.4 is 10.6 Å². The molecule has 0 saturated carbocycles. The maximum atomic E-state index is 11.5. The number of nitrogens with one attached hydrogen (secondary N) is 2. The number of rotatable bonds is 6. The first-order valence-corrected chi connectivity index (χ1v) is 7.37. The highest BCUT2D eigenvalue weighted by molar-refractivity contribution is 7.99. The van der Waals surface area contributed by atoms with Crippen LogP contribution in [-0.2, 0) is 4.79 Å². The smallest absolute Gasteiger partial charge is 0.283 e. The van der Waals surface area contributed by atoms with Gasteiger partial charge in [-0.2, -0.15) is 0 Å². The van der Waals surface area contributed by atoms with E-state index in [0.29, 0.717) is 10.6 Å². The molecule has 0 bridgehead atoms. The fraction of sp³-hybridized carbons (Fsp3) is 0.133. The first kappa shape index (κ1) is 19.0. The molecule has 2 aromatic carbocycles. The van der Waals surface area contributed by atoms with Gasteiger partial charge in [0.15, 0.2) is 0 Å². The Morgan fingerprint density at radius 1 is 1.17 bits per heavy atom. The Labute approximate surface area is 144 Å². The Morgan fingerprint density at radius 3 is 2.43 bits per heavy atom. The second kappa shape index (κ2) is 9.14. The van der Waals surface area contributed by atoms with Gasteiger partial charge in [0.25, 0.3) is 5.69 Å². The second-order valence-electron chi connectivity index (χ2n) is 4.43. The summed E-state index contributed by atoms with van der Waals surface area (Å²) in [7, 11) is 1.70.